The van der Waals surface area contributed by atoms with Gasteiger partial charge in [0.25, 0.3) is 5.91 Å². The van der Waals surface area contributed by atoms with E-state index in [9.17, 15) is 9.59 Å². The Morgan fingerprint density at radius 1 is 1.20 bits per heavy atom. The highest BCUT2D eigenvalue weighted by molar-refractivity contribution is 5.91. The monoisotopic (exact) mass is 216 g/mol. The summed E-state index contributed by atoms with van der Waals surface area (Å²) in [4.78, 5) is 26.2. The fraction of sp³-hybridized carbons (Fsp3) is 0.556. The Labute approximate surface area is 88.5 Å². The van der Waals surface area contributed by atoms with Gasteiger partial charge in [0, 0.05) is 5.57 Å². The molecule has 2 N–H and O–H groups in total. The van der Waals surface area contributed by atoms with Crippen molar-refractivity contribution in [1.29, 1.82) is 0 Å². The molecular weight excluding hydrogens is 200 g/mol. The van der Waals surface area contributed by atoms with Crippen molar-refractivity contribution in [2.24, 2.45) is 0 Å². The molecule has 0 spiro atoms. The average Bonchev–Trinajstić information content (AvgIpc) is 2.00. The van der Waals surface area contributed by atoms with Crippen molar-refractivity contribution < 1.29 is 19.3 Å². The van der Waals surface area contributed by atoms with Crippen LogP contribution in [0, 0.1) is 0 Å². The van der Waals surface area contributed by atoms with Gasteiger partial charge < -0.3 is 4.74 Å². The number of carbonyl (C=O) groups is 2. The molecule has 0 saturated heterocycles. The standard InChI is InChI=1S/C9H16N2O4/c1-6(2)7(12)10-15-11-8(13)14-9(3,4)5/h1H2,2-5H3,(H,10,12)(H,11,13). The second kappa shape index (κ2) is 5.35. The number of hydroxylamine groups is 2. The first kappa shape index (κ1) is 13.4. The first-order valence-electron chi connectivity index (χ1n) is 4.33. The van der Waals surface area contributed by atoms with Gasteiger partial charge >= 0.3 is 6.09 Å². The largest absolute Gasteiger partial charge is 0.442 e. The summed E-state index contributed by atoms with van der Waals surface area (Å²) in [5, 5.41) is 0. The zero-order chi connectivity index (χ0) is 12.1. The van der Waals surface area contributed by atoms with Gasteiger partial charge in [0.1, 0.15) is 5.60 Å². The third-order valence-electron chi connectivity index (χ3n) is 1.06. The zero-order valence-electron chi connectivity index (χ0n) is 9.34. The summed E-state index contributed by atoms with van der Waals surface area (Å²) in [6, 6.07) is 0. The Bertz CT molecular complexity index is 268. The molecule has 0 aromatic rings. The van der Waals surface area contributed by atoms with Crippen LogP contribution in [0.3, 0.4) is 0 Å². The van der Waals surface area contributed by atoms with Crippen molar-refractivity contribution in [3.05, 3.63) is 12.2 Å². The highest BCUT2D eigenvalue weighted by atomic mass is 16.8. The highest BCUT2D eigenvalue weighted by Gasteiger charge is 2.16. The fourth-order valence-electron chi connectivity index (χ4n) is 0.500. The van der Waals surface area contributed by atoms with E-state index in [1.54, 1.807) is 20.8 Å². The van der Waals surface area contributed by atoms with Crippen LogP contribution in [0.25, 0.3) is 0 Å². The lowest BCUT2D eigenvalue weighted by Crippen LogP contribution is -2.38. The smallest absolute Gasteiger partial charge is 0.433 e. The molecule has 6 nitrogen and oxygen atoms in total. The summed E-state index contributed by atoms with van der Waals surface area (Å²) in [6.07, 6.45) is -0.787. The molecule has 0 aliphatic carbocycles. The van der Waals surface area contributed by atoms with E-state index in [0.717, 1.165) is 0 Å². The van der Waals surface area contributed by atoms with E-state index in [1.807, 2.05) is 11.0 Å². The lowest BCUT2D eigenvalue weighted by Gasteiger charge is -2.19. The van der Waals surface area contributed by atoms with Gasteiger partial charge in [-0.2, -0.15) is 10.4 Å². The van der Waals surface area contributed by atoms with Crippen molar-refractivity contribution >= 4 is 12.0 Å². The zero-order valence-corrected chi connectivity index (χ0v) is 9.34. The Hall–Kier alpha value is -1.56. The van der Waals surface area contributed by atoms with Crippen molar-refractivity contribution in [3.8, 4) is 0 Å². The fourth-order valence-corrected chi connectivity index (χ4v) is 0.500. The molecule has 0 heterocycles. The van der Waals surface area contributed by atoms with E-state index in [0.29, 0.717) is 0 Å². The number of rotatable bonds is 3. The van der Waals surface area contributed by atoms with Crippen LogP contribution in [0.15, 0.2) is 12.2 Å². The van der Waals surface area contributed by atoms with Crippen LogP contribution in [0.4, 0.5) is 4.79 Å². The summed E-state index contributed by atoms with van der Waals surface area (Å²) in [7, 11) is 0. The maximum Gasteiger partial charge on any atom is 0.433 e. The van der Waals surface area contributed by atoms with Crippen LogP contribution >= 0.6 is 0 Å². The van der Waals surface area contributed by atoms with E-state index in [2.05, 4.69) is 11.5 Å². The van der Waals surface area contributed by atoms with Crippen molar-refractivity contribution in [1.82, 2.24) is 11.0 Å². The Morgan fingerprint density at radius 3 is 2.13 bits per heavy atom. The van der Waals surface area contributed by atoms with Gasteiger partial charge in [-0.25, -0.2) is 10.3 Å². The lowest BCUT2D eigenvalue weighted by molar-refractivity contribution is -0.135. The van der Waals surface area contributed by atoms with Crippen molar-refractivity contribution in [3.63, 3.8) is 0 Å². The minimum atomic E-state index is -0.787. The van der Waals surface area contributed by atoms with Crippen LogP contribution in [-0.2, 0) is 14.5 Å². The number of ether oxygens (including phenoxy) is 1. The Morgan fingerprint density at radius 2 is 1.73 bits per heavy atom. The molecule has 0 rings (SSSR count). The Balaban J connectivity index is 3.74. The van der Waals surface area contributed by atoms with Gasteiger partial charge in [0.15, 0.2) is 0 Å². The van der Waals surface area contributed by atoms with Crippen molar-refractivity contribution in [2.45, 2.75) is 33.3 Å². The molecule has 0 radical (unpaired) electrons. The maximum atomic E-state index is 11.0. The van der Waals surface area contributed by atoms with Gasteiger partial charge in [-0.3, -0.25) is 4.79 Å². The van der Waals surface area contributed by atoms with Crippen LogP contribution in [0.5, 0.6) is 0 Å². The van der Waals surface area contributed by atoms with E-state index in [-0.39, 0.29) is 5.57 Å². The molecule has 0 saturated carbocycles. The number of nitrogens with one attached hydrogen (secondary N) is 2. The summed E-state index contributed by atoms with van der Waals surface area (Å²) in [5.41, 5.74) is 3.48. The molecule has 0 aromatic heterocycles. The molecule has 0 aliphatic rings. The van der Waals surface area contributed by atoms with Gasteiger partial charge in [-0.05, 0) is 27.7 Å². The first-order valence-corrected chi connectivity index (χ1v) is 4.33. The van der Waals surface area contributed by atoms with Crippen LogP contribution in [-0.4, -0.2) is 17.6 Å². The predicted octanol–water partition coefficient (Wildman–Crippen LogP) is 1.05. The number of hydrogen-bond acceptors (Lipinski definition) is 4. The SMILES string of the molecule is C=C(C)C(=O)NONC(=O)OC(C)(C)C. The summed E-state index contributed by atoms with van der Waals surface area (Å²) in [5.74, 6) is -0.522. The minimum Gasteiger partial charge on any atom is -0.442 e. The van der Waals surface area contributed by atoms with Gasteiger partial charge in [-0.15, -0.1) is 0 Å². The summed E-state index contributed by atoms with van der Waals surface area (Å²) in [6.45, 7) is 10.0. The van der Waals surface area contributed by atoms with Crippen LogP contribution in [0.2, 0.25) is 0 Å². The third kappa shape index (κ3) is 7.51. The maximum absolute atomic E-state index is 11.0. The number of carbonyl (C=O) groups excluding carboxylic acids is 2. The molecule has 0 atom stereocenters. The molecule has 0 fully saturated rings. The van der Waals surface area contributed by atoms with E-state index in [4.69, 9.17) is 4.74 Å². The predicted molar refractivity (Wildman–Crippen MR) is 53.4 cm³/mol. The normalized spacial score (nSPS) is 10.4. The number of hydrogen-bond donors (Lipinski definition) is 2. The van der Waals surface area contributed by atoms with Crippen molar-refractivity contribution in [2.75, 3.05) is 0 Å². The molecule has 0 aliphatic heterocycles. The molecule has 2 amide bonds. The minimum absolute atomic E-state index is 0.265. The van der Waals surface area contributed by atoms with Gasteiger partial charge in [0.2, 0.25) is 0 Å². The molecule has 0 unspecified atom stereocenters. The van der Waals surface area contributed by atoms with E-state index in [1.165, 1.54) is 6.92 Å². The summed E-state index contributed by atoms with van der Waals surface area (Å²) < 4.78 is 4.83. The molecule has 6 heteroatoms. The van der Waals surface area contributed by atoms with Gasteiger partial charge in [0.05, 0.1) is 0 Å². The summed E-state index contributed by atoms with van der Waals surface area (Å²) >= 11 is 0. The Kier molecular flexibility index (Phi) is 4.80. The van der Waals surface area contributed by atoms with Crippen LogP contribution < -0.4 is 11.0 Å². The average molecular weight is 216 g/mol. The third-order valence-corrected chi connectivity index (χ3v) is 1.06. The molecular formula is C9H16N2O4. The quantitative estimate of drug-likeness (QED) is 0.546. The second-order valence-corrected chi connectivity index (χ2v) is 3.92. The number of amides is 2. The second-order valence-electron chi connectivity index (χ2n) is 3.92. The molecule has 0 bridgehead atoms. The molecule has 0 aromatic carbocycles. The lowest BCUT2D eigenvalue weighted by atomic mass is 10.2. The van der Waals surface area contributed by atoms with E-state index < -0.39 is 17.6 Å². The van der Waals surface area contributed by atoms with E-state index >= 15 is 0 Å². The first-order chi connectivity index (χ1) is 6.72. The highest BCUT2D eigenvalue weighted by Crippen LogP contribution is 2.05. The van der Waals surface area contributed by atoms with Gasteiger partial charge in [-0.1, -0.05) is 6.58 Å². The molecule has 15 heavy (non-hydrogen) atoms. The van der Waals surface area contributed by atoms with Crippen LogP contribution in [0.1, 0.15) is 27.7 Å². The topological polar surface area (TPSA) is 76.7 Å². The molecule has 86 valence electrons.